The molecule has 0 radical (unpaired) electrons. The highest BCUT2D eigenvalue weighted by Gasteiger charge is 2.44. The van der Waals surface area contributed by atoms with Crippen LogP contribution in [0.5, 0.6) is 0 Å². The first-order chi connectivity index (χ1) is 19.1. The van der Waals surface area contributed by atoms with Gasteiger partial charge in [-0.2, -0.15) is 11.8 Å². The van der Waals surface area contributed by atoms with Gasteiger partial charge < -0.3 is 37.1 Å². The van der Waals surface area contributed by atoms with E-state index in [0.29, 0.717) is 48.3 Å². The van der Waals surface area contributed by atoms with Crippen molar-refractivity contribution in [1.82, 2.24) is 24.8 Å². The molecule has 0 amide bonds. The van der Waals surface area contributed by atoms with Gasteiger partial charge in [-0.15, -0.1) is 0 Å². The standard InChI is InChI=1S/C26H39N9O3S/c27-10-5-12-30-26(28)31-13-6-14-39-15-19-21(36)22(37)25(38-19)35-17-34-20-23(32-16-33-24(20)35)29-11-4-9-18-7-2-1-3-8-18/h1-3,7-8,16-17,19,21-22,25,36-37H,4-6,9-15,27H2,(H3,28,30,31)(H,29,32,33)/t19-,21-,22-,25-/m1/s1. The fraction of sp³-hybridized carbons (Fsp3) is 0.538. The number of hydrogen-bond acceptors (Lipinski definition) is 10. The molecule has 4 atom stereocenters. The van der Waals surface area contributed by atoms with Crippen LogP contribution in [0.15, 0.2) is 48.0 Å². The van der Waals surface area contributed by atoms with E-state index in [0.717, 1.165) is 38.0 Å². The Morgan fingerprint density at radius 2 is 1.92 bits per heavy atom. The zero-order chi connectivity index (χ0) is 27.5. The van der Waals surface area contributed by atoms with Crippen LogP contribution in [0.25, 0.3) is 11.2 Å². The summed E-state index contributed by atoms with van der Waals surface area (Å²) in [6.45, 7) is 2.67. The Labute approximate surface area is 232 Å². The van der Waals surface area contributed by atoms with Crippen LogP contribution in [0.4, 0.5) is 5.82 Å². The number of thioether (sulfide) groups is 1. The molecule has 1 saturated heterocycles. The molecule has 8 N–H and O–H groups in total. The highest BCUT2D eigenvalue weighted by Crippen LogP contribution is 2.33. The number of aryl methyl sites for hydroxylation is 1. The first-order valence-electron chi connectivity index (χ1n) is 13.4. The maximum Gasteiger partial charge on any atom is 0.188 e. The molecular weight excluding hydrogens is 518 g/mol. The molecule has 212 valence electrons. The Balaban J connectivity index is 1.26. The number of fused-ring (bicyclic) bond motifs is 1. The average molecular weight is 558 g/mol. The number of ether oxygens (including phenoxy) is 1. The first-order valence-corrected chi connectivity index (χ1v) is 14.5. The van der Waals surface area contributed by atoms with E-state index in [2.05, 4.69) is 42.7 Å². The van der Waals surface area contributed by atoms with E-state index in [4.69, 9.17) is 16.2 Å². The van der Waals surface area contributed by atoms with Gasteiger partial charge in [-0.3, -0.25) is 9.56 Å². The van der Waals surface area contributed by atoms with Gasteiger partial charge in [0.2, 0.25) is 0 Å². The summed E-state index contributed by atoms with van der Waals surface area (Å²) >= 11 is 1.64. The lowest BCUT2D eigenvalue weighted by molar-refractivity contribution is -0.0289. The van der Waals surface area contributed by atoms with E-state index in [1.807, 2.05) is 18.2 Å². The molecule has 0 bridgehead atoms. The van der Waals surface area contributed by atoms with Gasteiger partial charge in [0.15, 0.2) is 29.2 Å². The number of nitrogens with zero attached hydrogens (tertiary/aromatic N) is 5. The number of nitrogens with one attached hydrogen (secondary N) is 2. The van der Waals surface area contributed by atoms with Crippen molar-refractivity contribution in [3.63, 3.8) is 0 Å². The monoisotopic (exact) mass is 557 g/mol. The van der Waals surface area contributed by atoms with Crippen molar-refractivity contribution in [3.05, 3.63) is 48.5 Å². The second-order valence-electron chi connectivity index (χ2n) is 9.37. The van der Waals surface area contributed by atoms with Crippen LogP contribution in [0.3, 0.4) is 0 Å². The normalized spacial score (nSPS) is 21.5. The number of imidazole rings is 1. The van der Waals surface area contributed by atoms with Gasteiger partial charge >= 0.3 is 0 Å². The molecule has 4 rings (SSSR count). The maximum atomic E-state index is 10.8. The summed E-state index contributed by atoms with van der Waals surface area (Å²) in [7, 11) is 0. The van der Waals surface area contributed by atoms with Gasteiger partial charge in [-0.05, 0) is 43.5 Å². The number of rotatable bonds is 15. The molecule has 39 heavy (non-hydrogen) atoms. The molecular formula is C26H39N9O3S. The number of aliphatic imine (C=N–C) groups is 1. The predicted octanol–water partition coefficient (Wildman–Crippen LogP) is 0.867. The number of aromatic nitrogens is 4. The van der Waals surface area contributed by atoms with Gasteiger partial charge in [0.1, 0.15) is 18.5 Å². The van der Waals surface area contributed by atoms with Crippen LogP contribution in [-0.2, 0) is 11.2 Å². The highest BCUT2D eigenvalue weighted by atomic mass is 32.2. The van der Waals surface area contributed by atoms with Crippen molar-refractivity contribution in [2.75, 3.05) is 43.0 Å². The molecule has 3 aromatic rings. The van der Waals surface area contributed by atoms with Crippen molar-refractivity contribution >= 4 is 34.7 Å². The minimum atomic E-state index is -1.10. The molecule has 1 aliphatic rings. The fourth-order valence-corrected chi connectivity index (χ4v) is 5.36. The van der Waals surface area contributed by atoms with E-state index >= 15 is 0 Å². The molecule has 1 aliphatic heterocycles. The van der Waals surface area contributed by atoms with E-state index in [1.54, 1.807) is 22.7 Å². The number of aliphatic hydroxyl groups is 2. The summed E-state index contributed by atoms with van der Waals surface area (Å²) in [6.07, 6.45) is 3.20. The lowest BCUT2D eigenvalue weighted by atomic mass is 10.1. The summed E-state index contributed by atoms with van der Waals surface area (Å²) < 4.78 is 7.75. The van der Waals surface area contributed by atoms with Crippen LogP contribution in [0.2, 0.25) is 0 Å². The summed E-state index contributed by atoms with van der Waals surface area (Å²) in [5.41, 5.74) is 13.7. The van der Waals surface area contributed by atoms with E-state index in [-0.39, 0.29) is 0 Å². The van der Waals surface area contributed by atoms with Crippen molar-refractivity contribution in [3.8, 4) is 0 Å². The zero-order valence-corrected chi connectivity index (χ0v) is 22.8. The summed E-state index contributed by atoms with van der Waals surface area (Å²) in [5, 5.41) is 27.8. The minimum absolute atomic E-state index is 0.427. The Morgan fingerprint density at radius 1 is 1.08 bits per heavy atom. The molecule has 0 saturated carbocycles. The number of anilines is 1. The summed E-state index contributed by atoms with van der Waals surface area (Å²) in [5.74, 6) is 2.42. The topological polar surface area (TPSA) is 182 Å². The quantitative estimate of drug-likeness (QED) is 0.0886. The molecule has 3 heterocycles. The van der Waals surface area contributed by atoms with Crippen molar-refractivity contribution in [2.45, 2.75) is 50.2 Å². The fourth-order valence-electron chi connectivity index (χ4n) is 4.35. The van der Waals surface area contributed by atoms with Gasteiger partial charge in [-0.1, -0.05) is 30.3 Å². The number of hydrogen-bond donors (Lipinski definition) is 6. The molecule has 2 aromatic heterocycles. The van der Waals surface area contributed by atoms with Crippen LogP contribution in [-0.4, -0.2) is 91.7 Å². The summed E-state index contributed by atoms with van der Waals surface area (Å²) in [6, 6.07) is 10.3. The lowest BCUT2D eigenvalue weighted by Gasteiger charge is -2.16. The number of benzene rings is 1. The second kappa shape index (κ2) is 15.0. The second-order valence-corrected chi connectivity index (χ2v) is 10.5. The van der Waals surface area contributed by atoms with Crippen LogP contribution >= 0.6 is 11.8 Å². The van der Waals surface area contributed by atoms with Crippen molar-refractivity contribution in [2.24, 2.45) is 16.5 Å². The third-order valence-electron chi connectivity index (χ3n) is 6.45. The maximum absolute atomic E-state index is 10.8. The molecule has 13 heteroatoms. The van der Waals surface area contributed by atoms with Crippen molar-refractivity contribution < 1.29 is 14.9 Å². The van der Waals surface area contributed by atoms with Gasteiger partial charge in [-0.25, -0.2) is 15.0 Å². The highest BCUT2D eigenvalue weighted by molar-refractivity contribution is 7.99. The van der Waals surface area contributed by atoms with Gasteiger partial charge in [0.05, 0.1) is 12.4 Å². The number of aliphatic hydroxyl groups excluding tert-OH is 2. The minimum Gasteiger partial charge on any atom is -0.387 e. The number of guanidine groups is 1. The molecule has 0 spiro atoms. The SMILES string of the molecule is NCCCNC(N)=NCCCSC[C@H]1O[C@@H](n2cnc3c(NCCCc4ccccc4)ncnc32)[C@H](O)[C@@H]1O. The van der Waals surface area contributed by atoms with E-state index in [9.17, 15) is 10.2 Å². The Morgan fingerprint density at radius 3 is 2.74 bits per heavy atom. The molecule has 12 nitrogen and oxygen atoms in total. The predicted molar refractivity (Wildman–Crippen MR) is 155 cm³/mol. The van der Waals surface area contributed by atoms with Gasteiger partial charge in [0, 0.05) is 25.4 Å². The molecule has 0 aliphatic carbocycles. The first kappa shape index (κ1) is 29.0. The Hall–Kier alpha value is -2.97. The van der Waals surface area contributed by atoms with E-state index < -0.39 is 24.5 Å². The van der Waals surface area contributed by atoms with Crippen molar-refractivity contribution in [1.29, 1.82) is 0 Å². The van der Waals surface area contributed by atoms with Gasteiger partial charge in [0.25, 0.3) is 0 Å². The van der Waals surface area contributed by atoms with E-state index in [1.165, 1.54) is 11.9 Å². The lowest BCUT2D eigenvalue weighted by Crippen LogP contribution is -2.33. The Bertz CT molecular complexity index is 1180. The molecule has 1 aromatic carbocycles. The largest absolute Gasteiger partial charge is 0.387 e. The van der Waals surface area contributed by atoms with Crippen LogP contribution in [0, 0.1) is 0 Å². The zero-order valence-electron chi connectivity index (χ0n) is 22.0. The third kappa shape index (κ3) is 8.02. The molecule has 1 fully saturated rings. The average Bonchev–Trinajstić information content (AvgIpc) is 3.50. The molecule has 0 unspecified atom stereocenters. The summed E-state index contributed by atoms with van der Waals surface area (Å²) in [4.78, 5) is 17.5. The van der Waals surface area contributed by atoms with Crippen LogP contribution < -0.4 is 22.1 Å². The Kier molecular flexibility index (Phi) is 11.2. The van der Waals surface area contributed by atoms with Crippen LogP contribution in [0.1, 0.15) is 31.1 Å². The third-order valence-corrected chi connectivity index (χ3v) is 7.59. The smallest absolute Gasteiger partial charge is 0.188 e. The number of nitrogens with two attached hydrogens (primary N) is 2.